The van der Waals surface area contributed by atoms with Crippen LogP contribution in [0.25, 0.3) is 0 Å². The molecule has 0 aromatic heterocycles. The Balaban J connectivity index is 1.74. The van der Waals surface area contributed by atoms with Gasteiger partial charge < -0.3 is 24.2 Å². The van der Waals surface area contributed by atoms with Gasteiger partial charge in [-0.05, 0) is 67.6 Å². The summed E-state index contributed by atoms with van der Waals surface area (Å²) in [4.78, 5) is 15.2. The van der Waals surface area contributed by atoms with E-state index in [1.807, 2.05) is 0 Å². The second-order valence-electron chi connectivity index (χ2n) is 10.5. The Labute approximate surface area is 258 Å². The standard InChI is InChI=1S/C30H37N3O9S2/c1-20-17-33(21(2)19-34)30(35)26-7-6-8-27(31-43(36,37)24-13-9-22(40-4)10-14-24)29(26)42-28(20)18-32(3)44(38,39)25-15-11-23(41-5)12-16-25/h6-16,20-21,28,31,34H,17-19H2,1-5H3/t20-,21+,28+/m1/s1. The molecule has 238 valence electrons. The Bertz CT molecular complexity index is 1680. The Morgan fingerprint density at radius 2 is 1.55 bits per heavy atom. The van der Waals surface area contributed by atoms with E-state index in [0.29, 0.717) is 11.5 Å². The van der Waals surface area contributed by atoms with Crippen LogP contribution < -0.4 is 18.9 Å². The van der Waals surface area contributed by atoms with Crippen molar-refractivity contribution in [2.75, 3.05) is 45.7 Å². The number of amides is 1. The maximum absolute atomic E-state index is 13.7. The van der Waals surface area contributed by atoms with E-state index in [9.17, 15) is 26.7 Å². The molecule has 1 aliphatic heterocycles. The van der Waals surface area contributed by atoms with Gasteiger partial charge in [-0.1, -0.05) is 13.0 Å². The molecule has 0 radical (unpaired) electrons. The van der Waals surface area contributed by atoms with Gasteiger partial charge in [-0.2, -0.15) is 4.31 Å². The number of nitrogens with zero attached hydrogens (tertiary/aromatic N) is 2. The van der Waals surface area contributed by atoms with E-state index in [0.717, 1.165) is 4.31 Å². The van der Waals surface area contributed by atoms with Crippen molar-refractivity contribution < 1.29 is 40.9 Å². The predicted octanol–water partition coefficient (Wildman–Crippen LogP) is 3.05. The zero-order valence-corrected chi connectivity index (χ0v) is 26.8. The molecule has 1 heterocycles. The average molecular weight is 648 g/mol. The number of methoxy groups -OCH3 is 2. The van der Waals surface area contributed by atoms with E-state index in [2.05, 4.69) is 4.72 Å². The number of sulfonamides is 2. The summed E-state index contributed by atoms with van der Waals surface area (Å²) in [7, 11) is -3.71. The molecule has 3 aromatic carbocycles. The van der Waals surface area contributed by atoms with Crippen LogP contribution in [0.15, 0.2) is 76.5 Å². The van der Waals surface area contributed by atoms with Crippen molar-refractivity contribution in [3.63, 3.8) is 0 Å². The summed E-state index contributed by atoms with van der Waals surface area (Å²) in [6.07, 6.45) is -0.820. The van der Waals surface area contributed by atoms with Crippen LogP contribution in [-0.4, -0.2) is 90.2 Å². The molecule has 0 unspecified atom stereocenters. The lowest BCUT2D eigenvalue weighted by atomic mass is 9.99. The molecular weight excluding hydrogens is 610 g/mol. The summed E-state index contributed by atoms with van der Waals surface area (Å²) in [5.41, 5.74) is 0.0702. The molecule has 3 atom stereocenters. The van der Waals surface area contributed by atoms with Crippen molar-refractivity contribution in [3.05, 3.63) is 72.3 Å². The second kappa shape index (κ2) is 13.4. The summed E-state index contributed by atoms with van der Waals surface area (Å²) in [5, 5.41) is 9.93. The van der Waals surface area contributed by atoms with E-state index >= 15 is 0 Å². The van der Waals surface area contributed by atoms with Crippen molar-refractivity contribution >= 4 is 31.6 Å². The lowest BCUT2D eigenvalue weighted by Gasteiger charge is -2.38. The number of carbonyl (C=O) groups excluding carboxylic acids is 1. The zero-order valence-electron chi connectivity index (χ0n) is 25.1. The van der Waals surface area contributed by atoms with Crippen molar-refractivity contribution in [3.8, 4) is 17.2 Å². The Morgan fingerprint density at radius 1 is 0.977 bits per heavy atom. The fourth-order valence-electron chi connectivity index (χ4n) is 4.78. The van der Waals surface area contributed by atoms with Gasteiger partial charge in [-0.25, -0.2) is 16.8 Å². The highest BCUT2D eigenvalue weighted by Gasteiger charge is 2.36. The highest BCUT2D eigenvalue weighted by molar-refractivity contribution is 7.92. The van der Waals surface area contributed by atoms with Crippen molar-refractivity contribution in [2.45, 2.75) is 35.8 Å². The van der Waals surface area contributed by atoms with Gasteiger partial charge in [0.25, 0.3) is 15.9 Å². The predicted molar refractivity (Wildman–Crippen MR) is 164 cm³/mol. The number of hydrogen-bond donors (Lipinski definition) is 2. The van der Waals surface area contributed by atoms with Crippen LogP contribution in [0, 0.1) is 5.92 Å². The van der Waals surface area contributed by atoms with Gasteiger partial charge in [0.05, 0.1) is 54.5 Å². The van der Waals surface area contributed by atoms with Gasteiger partial charge in [0, 0.05) is 19.5 Å². The molecular formula is C30H37N3O9S2. The van der Waals surface area contributed by atoms with Crippen LogP contribution in [0.3, 0.4) is 0 Å². The number of carbonyl (C=O) groups is 1. The summed E-state index contributed by atoms with van der Waals surface area (Å²) in [6.45, 7) is 3.22. The number of rotatable bonds is 11. The number of likely N-dealkylation sites (N-methyl/N-ethyl adjacent to an activating group) is 1. The van der Waals surface area contributed by atoms with E-state index in [1.165, 1.54) is 80.8 Å². The monoisotopic (exact) mass is 647 g/mol. The maximum Gasteiger partial charge on any atom is 0.262 e. The summed E-state index contributed by atoms with van der Waals surface area (Å²) < 4.78 is 74.0. The van der Waals surface area contributed by atoms with Gasteiger partial charge in [-0.3, -0.25) is 9.52 Å². The number of fused-ring (bicyclic) bond motifs is 1. The van der Waals surface area contributed by atoms with Gasteiger partial charge >= 0.3 is 0 Å². The third-order valence-corrected chi connectivity index (χ3v) is 10.7. The van der Waals surface area contributed by atoms with Gasteiger partial charge in [-0.15, -0.1) is 0 Å². The molecule has 0 saturated heterocycles. The third kappa shape index (κ3) is 6.93. The van der Waals surface area contributed by atoms with E-state index in [4.69, 9.17) is 14.2 Å². The fraction of sp³-hybridized carbons (Fsp3) is 0.367. The first-order valence-electron chi connectivity index (χ1n) is 13.8. The van der Waals surface area contributed by atoms with Crippen LogP contribution >= 0.6 is 0 Å². The van der Waals surface area contributed by atoms with Crippen LogP contribution in [0.4, 0.5) is 5.69 Å². The van der Waals surface area contributed by atoms with Crippen LogP contribution in [0.2, 0.25) is 0 Å². The van der Waals surface area contributed by atoms with Gasteiger partial charge in [0.1, 0.15) is 17.6 Å². The number of ether oxygens (including phenoxy) is 3. The Kier molecular flexibility index (Phi) is 10.1. The number of benzene rings is 3. The number of aliphatic hydroxyl groups is 1. The van der Waals surface area contributed by atoms with Crippen molar-refractivity contribution in [1.82, 2.24) is 9.21 Å². The highest BCUT2D eigenvalue weighted by Crippen LogP contribution is 2.36. The molecule has 14 heteroatoms. The fourth-order valence-corrected chi connectivity index (χ4v) is 7.02. The molecule has 44 heavy (non-hydrogen) atoms. The molecule has 0 saturated carbocycles. The number of nitrogens with one attached hydrogen (secondary N) is 1. The second-order valence-corrected chi connectivity index (χ2v) is 14.3. The molecule has 4 rings (SSSR count). The lowest BCUT2D eigenvalue weighted by molar-refractivity contribution is 0.0389. The first kappa shape index (κ1) is 33.1. The maximum atomic E-state index is 13.7. The number of para-hydroxylation sites is 1. The van der Waals surface area contributed by atoms with Crippen molar-refractivity contribution in [2.24, 2.45) is 5.92 Å². The number of aliphatic hydroxyl groups excluding tert-OH is 1. The largest absolute Gasteiger partial charge is 0.497 e. The molecule has 0 bridgehead atoms. The molecule has 1 aliphatic rings. The minimum absolute atomic E-state index is 0.00281. The molecule has 0 fully saturated rings. The summed E-state index contributed by atoms with van der Waals surface area (Å²) in [5.74, 6) is 0.0489. The van der Waals surface area contributed by atoms with Crippen molar-refractivity contribution in [1.29, 1.82) is 0 Å². The third-order valence-electron chi connectivity index (χ3n) is 7.51. The minimum Gasteiger partial charge on any atom is -0.497 e. The summed E-state index contributed by atoms with van der Waals surface area (Å²) in [6, 6.07) is 15.7. The quantitative estimate of drug-likeness (QED) is 0.320. The van der Waals surface area contributed by atoms with Gasteiger partial charge in [0.15, 0.2) is 5.75 Å². The van der Waals surface area contributed by atoms with Crippen LogP contribution in [-0.2, 0) is 20.0 Å². The Hall–Kier alpha value is -3.85. The smallest absolute Gasteiger partial charge is 0.262 e. The topological polar surface area (TPSA) is 152 Å². The van der Waals surface area contributed by atoms with Crippen LogP contribution in [0.5, 0.6) is 17.2 Å². The van der Waals surface area contributed by atoms with Crippen LogP contribution in [0.1, 0.15) is 24.2 Å². The highest BCUT2D eigenvalue weighted by atomic mass is 32.2. The van der Waals surface area contributed by atoms with E-state index in [1.54, 1.807) is 26.0 Å². The molecule has 1 amide bonds. The lowest BCUT2D eigenvalue weighted by Crippen LogP contribution is -2.50. The minimum atomic E-state index is -4.13. The molecule has 3 aromatic rings. The number of hydrogen-bond acceptors (Lipinski definition) is 9. The molecule has 12 nitrogen and oxygen atoms in total. The Morgan fingerprint density at radius 3 is 2.09 bits per heavy atom. The molecule has 2 N–H and O–H groups in total. The summed E-state index contributed by atoms with van der Waals surface area (Å²) >= 11 is 0. The zero-order chi connectivity index (χ0) is 32.2. The van der Waals surface area contributed by atoms with E-state index < -0.39 is 44.0 Å². The van der Waals surface area contributed by atoms with Gasteiger partial charge in [0.2, 0.25) is 10.0 Å². The molecule has 0 aliphatic carbocycles. The normalized spacial score (nSPS) is 18.1. The first-order chi connectivity index (χ1) is 20.8. The first-order valence-corrected chi connectivity index (χ1v) is 16.7. The number of anilines is 1. The average Bonchev–Trinajstić information content (AvgIpc) is 3.02. The SMILES string of the molecule is COc1ccc(S(=O)(=O)Nc2cccc3c2O[C@@H](CN(C)S(=O)(=O)c2ccc(OC)cc2)[C@H](C)CN([C@@H](C)CO)C3=O)cc1. The molecule has 0 spiro atoms. The van der Waals surface area contributed by atoms with E-state index in [-0.39, 0.29) is 46.5 Å².